The fourth-order valence-corrected chi connectivity index (χ4v) is 1.41. The number of hydrogen-bond donors (Lipinski definition) is 2. The van der Waals surface area contributed by atoms with Crippen molar-refractivity contribution in [3.8, 4) is 0 Å². The van der Waals surface area contributed by atoms with E-state index < -0.39 is 6.04 Å². The first-order valence-electron chi connectivity index (χ1n) is 4.02. The van der Waals surface area contributed by atoms with E-state index in [1.165, 1.54) is 0 Å². The molecule has 13 heavy (non-hydrogen) atoms. The number of hydrogen-bond acceptors (Lipinski definition) is 2. The molecule has 0 saturated heterocycles. The van der Waals surface area contributed by atoms with Gasteiger partial charge in [0.15, 0.2) is 0 Å². The summed E-state index contributed by atoms with van der Waals surface area (Å²) in [6, 6.07) is 7.06. The highest BCUT2D eigenvalue weighted by Gasteiger charge is 2.10. The molecule has 0 unspecified atom stereocenters. The summed E-state index contributed by atoms with van der Waals surface area (Å²) in [7, 11) is 0. The zero-order valence-electron chi connectivity index (χ0n) is 6.95. The highest BCUT2D eigenvalue weighted by atomic mass is 16.1. The van der Waals surface area contributed by atoms with Crippen molar-refractivity contribution < 1.29 is 4.79 Å². The molecule has 0 aliphatic rings. The molecular weight excluding hydrogens is 164 g/mol. The quantitative estimate of drug-likeness (QED) is 0.718. The Labute approximate surface area is 75.6 Å². The van der Waals surface area contributed by atoms with Crippen LogP contribution in [0.5, 0.6) is 0 Å². The summed E-state index contributed by atoms with van der Waals surface area (Å²) in [6.07, 6.45) is 3.52. The number of H-pyrrole nitrogens is 1. The van der Waals surface area contributed by atoms with Crippen LogP contribution in [0.3, 0.4) is 0 Å². The Bertz CT molecular complexity index is 433. The maximum atomic E-state index is 10.4. The monoisotopic (exact) mass is 173 g/mol. The Kier molecular flexibility index (Phi) is 1.87. The smallest absolute Gasteiger partial charge is 0.221 e. The third kappa shape index (κ3) is 1.23. The minimum atomic E-state index is -0.656. The molecule has 3 heteroatoms. The third-order valence-electron chi connectivity index (χ3n) is 2.08. The molecule has 3 N–H and O–H groups in total. The first kappa shape index (κ1) is 8.01. The summed E-state index contributed by atoms with van der Waals surface area (Å²) >= 11 is 0. The van der Waals surface area contributed by atoms with Crippen LogP contribution in [0, 0.1) is 0 Å². The van der Waals surface area contributed by atoms with E-state index in [4.69, 9.17) is 5.73 Å². The lowest BCUT2D eigenvalue weighted by atomic mass is 10.1. The van der Waals surface area contributed by atoms with Crippen LogP contribution in [0.25, 0.3) is 10.9 Å². The van der Waals surface area contributed by atoms with Crippen LogP contribution >= 0.6 is 0 Å². The van der Waals surface area contributed by atoms with Crippen molar-refractivity contribution in [1.29, 1.82) is 0 Å². The van der Waals surface area contributed by atoms with Crippen LogP contribution in [0.1, 0.15) is 11.6 Å². The third-order valence-corrected chi connectivity index (χ3v) is 2.08. The molecule has 3 nitrogen and oxygen atoms in total. The lowest BCUT2D eigenvalue weighted by molar-refractivity contribution is 0.544. The fraction of sp³-hybridized carbons (Fsp3) is 0.100. The number of nitrogens with one attached hydrogen (secondary N) is 1. The molecule has 0 amide bonds. The van der Waals surface area contributed by atoms with E-state index >= 15 is 0 Å². The van der Waals surface area contributed by atoms with E-state index in [9.17, 15) is 4.79 Å². The van der Waals surface area contributed by atoms with Crippen LogP contribution in [-0.4, -0.2) is 11.3 Å². The molecule has 2 aromatic rings. The maximum Gasteiger partial charge on any atom is 0.221 e. The molecule has 0 aliphatic heterocycles. The summed E-state index contributed by atoms with van der Waals surface area (Å²) in [5.74, 6) is 0. The molecule has 1 aromatic heterocycles. The van der Waals surface area contributed by atoms with Gasteiger partial charge in [0, 0.05) is 22.7 Å². The molecule has 0 bridgehead atoms. The molecule has 0 saturated carbocycles. The minimum Gasteiger partial charge on any atom is -0.361 e. The van der Waals surface area contributed by atoms with Crippen molar-refractivity contribution in [2.24, 2.45) is 5.73 Å². The second-order valence-corrected chi connectivity index (χ2v) is 2.89. The van der Waals surface area contributed by atoms with Crippen molar-refractivity contribution in [3.05, 3.63) is 36.0 Å². The van der Waals surface area contributed by atoms with Gasteiger partial charge in [-0.25, -0.2) is 0 Å². The van der Waals surface area contributed by atoms with E-state index in [0.29, 0.717) is 0 Å². The topological polar surface area (TPSA) is 58.9 Å². The van der Waals surface area contributed by atoms with E-state index in [1.807, 2.05) is 24.3 Å². The number of nitrogens with two attached hydrogens (primary N) is 1. The van der Waals surface area contributed by atoms with E-state index in [2.05, 4.69) is 4.98 Å². The number of aromatic amines is 1. The summed E-state index contributed by atoms with van der Waals surface area (Å²) in [5.41, 5.74) is 7.35. The minimum absolute atomic E-state index is 0.656. The second kappa shape index (κ2) is 3.03. The molecular formula is C10H9N2O. The summed E-state index contributed by atoms with van der Waals surface area (Å²) in [6.45, 7) is 0. The van der Waals surface area contributed by atoms with Gasteiger partial charge in [-0.15, -0.1) is 0 Å². The Morgan fingerprint density at radius 1 is 1.38 bits per heavy atom. The standard InChI is InChI=1S/C10H9N2O/c11-9(6-13)8-5-12-10-4-2-1-3-7(8)10/h1-5,9,12H,11H2/t9-/m0/s1. The number of rotatable bonds is 2. The molecule has 1 heterocycles. The van der Waals surface area contributed by atoms with Crippen molar-refractivity contribution in [1.82, 2.24) is 4.98 Å². The Hall–Kier alpha value is -1.61. The zero-order valence-corrected chi connectivity index (χ0v) is 6.95. The van der Waals surface area contributed by atoms with Crippen molar-refractivity contribution in [3.63, 3.8) is 0 Å². The van der Waals surface area contributed by atoms with Gasteiger partial charge in [-0.3, -0.25) is 4.79 Å². The maximum absolute atomic E-state index is 10.4. The van der Waals surface area contributed by atoms with Gasteiger partial charge >= 0.3 is 0 Å². The second-order valence-electron chi connectivity index (χ2n) is 2.89. The summed E-state index contributed by atoms with van der Waals surface area (Å²) in [5, 5.41) is 0.985. The van der Waals surface area contributed by atoms with Gasteiger partial charge in [-0.2, -0.15) is 0 Å². The predicted octanol–water partition coefficient (Wildman–Crippen LogP) is 1.28. The Balaban J connectivity index is 2.64. The van der Waals surface area contributed by atoms with Gasteiger partial charge in [-0.1, -0.05) is 18.2 Å². The van der Waals surface area contributed by atoms with Crippen molar-refractivity contribution >= 4 is 17.2 Å². The van der Waals surface area contributed by atoms with Crippen LogP contribution < -0.4 is 5.73 Å². The lowest BCUT2D eigenvalue weighted by Gasteiger charge is -1.99. The molecule has 1 aromatic carbocycles. The summed E-state index contributed by atoms with van der Waals surface area (Å²) in [4.78, 5) is 13.4. The molecule has 1 atom stereocenters. The molecule has 65 valence electrons. The van der Waals surface area contributed by atoms with Gasteiger partial charge in [0.1, 0.15) is 0 Å². The van der Waals surface area contributed by atoms with E-state index in [-0.39, 0.29) is 0 Å². The summed E-state index contributed by atoms with van der Waals surface area (Å²) < 4.78 is 0. The van der Waals surface area contributed by atoms with Crippen molar-refractivity contribution in [2.75, 3.05) is 0 Å². The molecule has 2 rings (SSSR count). The Morgan fingerprint density at radius 3 is 2.92 bits per heavy atom. The predicted molar refractivity (Wildman–Crippen MR) is 50.9 cm³/mol. The highest BCUT2D eigenvalue weighted by molar-refractivity contribution is 5.86. The molecule has 0 spiro atoms. The van der Waals surface area contributed by atoms with Gasteiger partial charge in [-0.05, 0) is 6.07 Å². The fourth-order valence-electron chi connectivity index (χ4n) is 1.41. The Morgan fingerprint density at radius 2 is 2.15 bits per heavy atom. The molecule has 1 radical (unpaired) electrons. The number of benzene rings is 1. The number of para-hydroxylation sites is 1. The average Bonchev–Trinajstić information content (AvgIpc) is 2.60. The van der Waals surface area contributed by atoms with Gasteiger partial charge in [0.05, 0.1) is 6.04 Å². The number of fused-ring (bicyclic) bond motifs is 1. The molecule has 0 aliphatic carbocycles. The van der Waals surface area contributed by atoms with Crippen LogP contribution in [0.15, 0.2) is 30.5 Å². The van der Waals surface area contributed by atoms with Crippen LogP contribution in [0.2, 0.25) is 0 Å². The van der Waals surface area contributed by atoms with Crippen LogP contribution in [0.4, 0.5) is 0 Å². The van der Waals surface area contributed by atoms with E-state index in [0.717, 1.165) is 16.5 Å². The largest absolute Gasteiger partial charge is 0.361 e. The average molecular weight is 173 g/mol. The number of aromatic nitrogens is 1. The van der Waals surface area contributed by atoms with Gasteiger partial charge in [0.2, 0.25) is 6.29 Å². The SMILES string of the molecule is N[C@@H]([C]=O)c1c[nH]c2ccccc12. The number of carbonyl (C=O) groups excluding carboxylic acids is 1. The first-order chi connectivity index (χ1) is 6.33. The highest BCUT2D eigenvalue weighted by Crippen LogP contribution is 2.21. The van der Waals surface area contributed by atoms with Crippen molar-refractivity contribution in [2.45, 2.75) is 6.04 Å². The zero-order chi connectivity index (χ0) is 9.26. The van der Waals surface area contributed by atoms with Gasteiger partial charge < -0.3 is 10.7 Å². The van der Waals surface area contributed by atoms with E-state index in [1.54, 1.807) is 12.5 Å². The lowest BCUT2D eigenvalue weighted by Crippen LogP contribution is -2.10. The van der Waals surface area contributed by atoms with Crippen LogP contribution in [-0.2, 0) is 4.79 Å². The van der Waals surface area contributed by atoms with Gasteiger partial charge in [0.25, 0.3) is 0 Å². The normalized spacial score (nSPS) is 13.0. The molecule has 0 fully saturated rings. The first-order valence-corrected chi connectivity index (χ1v) is 4.02.